The second-order valence-corrected chi connectivity index (χ2v) is 4.52. The minimum Gasteiger partial charge on any atom is -0.442 e. The summed E-state index contributed by atoms with van der Waals surface area (Å²) in [6.45, 7) is 2.81. The van der Waals surface area contributed by atoms with Crippen LogP contribution in [0.25, 0.3) is 0 Å². The van der Waals surface area contributed by atoms with Gasteiger partial charge in [-0.15, -0.1) is 0 Å². The maximum Gasteiger partial charge on any atom is 0.421 e. The lowest BCUT2D eigenvalue weighted by Gasteiger charge is -2.25. The number of hydrogen-bond donors (Lipinski definition) is 3. The maximum atomic E-state index is 12.7. The predicted octanol–water partition coefficient (Wildman–Crippen LogP) is 1.36. The van der Waals surface area contributed by atoms with Gasteiger partial charge >= 0.3 is 12.3 Å². The minimum absolute atomic E-state index is 0.143. The first-order chi connectivity index (χ1) is 9.01. The Morgan fingerprint density at radius 2 is 2.05 bits per heavy atom. The van der Waals surface area contributed by atoms with Crippen molar-refractivity contribution in [3.8, 4) is 0 Å². The Bertz CT molecular complexity index is 504. The van der Waals surface area contributed by atoms with Crippen LogP contribution in [0, 0.1) is 0 Å². The first-order valence-electron chi connectivity index (χ1n) is 5.43. The molecule has 0 aliphatic carbocycles. The van der Waals surface area contributed by atoms with Crippen LogP contribution in [0.4, 0.5) is 29.7 Å². The molecule has 1 aromatic heterocycles. The number of anilines is 2. The number of ether oxygens (including phenoxy) is 1. The molecule has 0 spiro atoms. The molecule has 7 nitrogen and oxygen atoms in total. The fourth-order valence-corrected chi connectivity index (χ4v) is 1.34. The van der Waals surface area contributed by atoms with Gasteiger partial charge in [0.2, 0.25) is 5.95 Å². The highest BCUT2D eigenvalue weighted by Gasteiger charge is 2.35. The standard InChI is InChI=1S/C10H14F3N5O2/c1-9(2,20-8(15)19)4-17-6-5(10(11,12)13)3-16-7(14)18-6/h3H,4H2,1-2H3,(H2,15,19)(H3,14,16,17,18). The van der Waals surface area contributed by atoms with E-state index in [0.717, 1.165) is 0 Å². The topological polar surface area (TPSA) is 116 Å². The zero-order valence-electron chi connectivity index (χ0n) is 10.8. The van der Waals surface area contributed by atoms with Crippen molar-refractivity contribution in [2.24, 2.45) is 5.73 Å². The summed E-state index contributed by atoms with van der Waals surface area (Å²) in [6.07, 6.45) is -5.09. The zero-order valence-corrected chi connectivity index (χ0v) is 10.8. The Hall–Kier alpha value is -2.26. The number of carbonyl (C=O) groups excluding carboxylic acids is 1. The molecule has 10 heteroatoms. The predicted molar refractivity (Wildman–Crippen MR) is 64.7 cm³/mol. The SMILES string of the molecule is CC(C)(CNc1nc(N)ncc1C(F)(F)F)OC(N)=O. The molecule has 0 bridgehead atoms. The van der Waals surface area contributed by atoms with Crippen molar-refractivity contribution in [3.63, 3.8) is 0 Å². The summed E-state index contributed by atoms with van der Waals surface area (Å²) >= 11 is 0. The van der Waals surface area contributed by atoms with E-state index in [9.17, 15) is 18.0 Å². The number of aromatic nitrogens is 2. The van der Waals surface area contributed by atoms with E-state index in [0.29, 0.717) is 6.20 Å². The molecule has 1 heterocycles. The number of nitrogen functional groups attached to an aromatic ring is 1. The van der Waals surface area contributed by atoms with Gasteiger partial charge in [-0.05, 0) is 13.8 Å². The normalized spacial score (nSPS) is 12.1. The molecular formula is C10H14F3N5O2. The lowest BCUT2D eigenvalue weighted by molar-refractivity contribution is -0.137. The van der Waals surface area contributed by atoms with Gasteiger partial charge < -0.3 is 21.5 Å². The van der Waals surface area contributed by atoms with Crippen molar-refractivity contribution in [1.82, 2.24) is 9.97 Å². The van der Waals surface area contributed by atoms with Gasteiger partial charge in [0.1, 0.15) is 17.0 Å². The summed E-state index contributed by atoms with van der Waals surface area (Å²) in [5.41, 5.74) is 7.93. The van der Waals surface area contributed by atoms with Crippen molar-refractivity contribution in [2.75, 3.05) is 17.6 Å². The summed E-state index contributed by atoms with van der Waals surface area (Å²) in [6, 6.07) is 0. The average molecular weight is 293 g/mol. The highest BCUT2D eigenvalue weighted by atomic mass is 19.4. The molecule has 0 aliphatic heterocycles. The van der Waals surface area contributed by atoms with E-state index in [1.54, 1.807) is 0 Å². The van der Waals surface area contributed by atoms with Crippen molar-refractivity contribution in [2.45, 2.75) is 25.6 Å². The number of hydrogen-bond acceptors (Lipinski definition) is 6. The molecule has 1 amide bonds. The molecule has 0 radical (unpaired) electrons. The van der Waals surface area contributed by atoms with E-state index in [-0.39, 0.29) is 12.5 Å². The van der Waals surface area contributed by atoms with Crippen LogP contribution in [0.15, 0.2) is 6.20 Å². The van der Waals surface area contributed by atoms with Crippen LogP contribution in [0.3, 0.4) is 0 Å². The lowest BCUT2D eigenvalue weighted by Crippen LogP contribution is -2.38. The van der Waals surface area contributed by atoms with E-state index in [1.165, 1.54) is 13.8 Å². The monoisotopic (exact) mass is 293 g/mol. The van der Waals surface area contributed by atoms with Crippen LogP contribution in [-0.2, 0) is 10.9 Å². The number of nitrogens with zero attached hydrogens (tertiary/aromatic N) is 2. The molecule has 20 heavy (non-hydrogen) atoms. The molecule has 0 saturated heterocycles. The quantitative estimate of drug-likeness (QED) is 0.772. The molecule has 0 unspecified atom stereocenters. The summed E-state index contributed by atoms with van der Waals surface area (Å²) in [5, 5.41) is 2.42. The highest BCUT2D eigenvalue weighted by Crippen LogP contribution is 2.33. The average Bonchev–Trinajstić information content (AvgIpc) is 2.23. The van der Waals surface area contributed by atoms with Crippen molar-refractivity contribution >= 4 is 17.9 Å². The number of nitrogens with two attached hydrogens (primary N) is 2. The number of primary amides is 1. The molecule has 0 saturated carbocycles. The molecule has 1 aromatic rings. The Kier molecular flexibility index (Phi) is 4.26. The van der Waals surface area contributed by atoms with Crippen molar-refractivity contribution in [3.05, 3.63) is 11.8 Å². The molecule has 112 valence electrons. The van der Waals surface area contributed by atoms with Crippen LogP contribution in [-0.4, -0.2) is 28.2 Å². The zero-order chi connectivity index (χ0) is 15.6. The second-order valence-electron chi connectivity index (χ2n) is 4.52. The number of amides is 1. The van der Waals surface area contributed by atoms with Gasteiger partial charge in [0, 0.05) is 6.20 Å². The number of alkyl halides is 3. The Morgan fingerprint density at radius 3 is 2.55 bits per heavy atom. The third-order valence-corrected chi connectivity index (χ3v) is 2.17. The van der Waals surface area contributed by atoms with Crippen LogP contribution in [0.5, 0.6) is 0 Å². The van der Waals surface area contributed by atoms with Crippen LogP contribution in [0.1, 0.15) is 19.4 Å². The summed E-state index contributed by atoms with van der Waals surface area (Å²) in [7, 11) is 0. The maximum absolute atomic E-state index is 12.7. The van der Waals surface area contributed by atoms with Gasteiger partial charge in [0.05, 0.1) is 6.54 Å². The third kappa shape index (κ3) is 4.44. The molecule has 1 rings (SSSR count). The van der Waals surface area contributed by atoms with Crippen LogP contribution >= 0.6 is 0 Å². The van der Waals surface area contributed by atoms with E-state index in [1.807, 2.05) is 0 Å². The largest absolute Gasteiger partial charge is 0.442 e. The number of halogens is 3. The number of nitrogens with one attached hydrogen (secondary N) is 1. The Labute approximate surface area is 112 Å². The summed E-state index contributed by atoms with van der Waals surface area (Å²) in [4.78, 5) is 17.4. The summed E-state index contributed by atoms with van der Waals surface area (Å²) < 4.78 is 43.0. The number of carbonyl (C=O) groups is 1. The fourth-order valence-electron chi connectivity index (χ4n) is 1.34. The van der Waals surface area contributed by atoms with E-state index in [4.69, 9.17) is 16.2 Å². The van der Waals surface area contributed by atoms with Gasteiger partial charge in [0.25, 0.3) is 0 Å². The smallest absolute Gasteiger partial charge is 0.421 e. The third-order valence-electron chi connectivity index (χ3n) is 2.17. The minimum atomic E-state index is -4.63. The first kappa shape index (κ1) is 15.8. The van der Waals surface area contributed by atoms with Crippen molar-refractivity contribution in [1.29, 1.82) is 0 Å². The van der Waals surface area contributed by atoms with Crippen LogP contribution in [0.2, 0.25) is 0 Å². The van der Waals surface area contributed by atoms with E-state index in [2.05, 4.69) is 15.3 Å². The molecule has 0 aromatic carbocycles. The van der Waals surface area contributed by atoms with Gasteiger partial charge in [-0.3, -0.25) is 0 Å². The fraction of sp³-hybridized carbons (Fsp3) is 0.500. The van der Waals surface area contributed by atoms with Gasteiger partial charge in [0.15, 0.2) is 0 Å². The molecular weight excluding hydrogens is 279 g/mol. The lowest BCUT2D eigenvalue weighted by atomic mass is 10.1. The molecule has 0 aliphatic rings. The van der Waals surface area contributed by atoms with Crippen molar-refractivity contribution < 1.29 is 22.7 Å². The van der Waals surface area contributed by atoms with Gasteiger partial charge in [-0.1, -0.05) is 0 Å². The Morgan fingerprint density at radius 1 is 1.45 bits per heavy atom. The van der Waals surface area contributed by atoms with E-state index >= 15 is 0 Å². The molecule has 0 atom stereocenters. The second kappa shape index (κ2) is 5.39. The Balaban J connectivity index is 2.92. The number of rotatable bonds is 4. The highest BCUT2D eigenvalue weighted by molar-refractivity contribution is 5.65. The summed E-state index contributed by atoms with van der Waals surface area (Å²) in [5.74, 6) is -0.805. The molecule has 5 N–H and O–H groups in total. The van der Waals surface area contributed by atoms with E-state index < -0.39 is 29.3 Å². The van der Waals surface area contributed by atoms with Crippen LogP contribution < -0.4 is 16.8 Å². The first-order valence-corrected chi connectivity index (χ1v) is 5.43. The van der Waals surface area contributed by atoms with Gasteiger partial charge in [-0.25, -0.2) is 9.78 Å². The molecule has 0 fully saturated rings. The van der Waals surface area contributed by atoms with Gasteiger partial charge in [-0.2, -0.15) is 18.2 Å².